The van der Waals surface area contributed by atoms with E-state index in [2.05, 4.69) is 5.32 Å². The molecule has 0 unspecified atom stereocenters. The highest BCUT2D eigenvalue weighted by molar-refractivity contribution is 6.13. The fourth-order valence-electron chi connectivity index (χ4n) is 4.40. The molecular formula is C24H27N3O4. The van der Waals surface area contributed by atoms with Crippen molar-refractivity contribution >= 4 is 23.4 Å². The van der Waals surface area contributed by atoms with Gasteiger partial charge in [-0.2, -0.15) is 0 Å². The van der Waals surface area contributed by atoms with Gasteiger partial charge in [-0.1, -0.05) is 30.3 Å². The molecule has 1 saturated heterocycles. The zero-order valence-corrected chi connectivity index (χ0v) is 17.9. The number of hydrogen-bond acceptors (Lipinski definition) is 4. The second-order valence-electron chi connectivity index (χ2n) is 7.87. The van der Waals surface area contributed by atoms with Crippen LogP contribution in [0.25, 0.3) is 0 Å². The van der Waals surface area contributed by atoms with Gasteiger partial charge in [0.1, 0.15) is 18.3 Å². The number of carbonyl (C=O) groups excluding carboxylic acids is 3. The number of rotatable bonds is 6. The molecule has 0 radical (unpaired) electrons. The van der Waals surface area contributed by atoms with Gasteiger partial charge in [-0.25, -0.2) is 0 Å². The molecule has 2 aliphatic heterocycles. The number of amides is 3. The van der Waals surface area contributed by atoms with Gasteiger partial charge in [0.05, 0.1) is 17.9 Å². The zero-order valence-electron chi connectivity index (χ0n) is 17.9. The van der Waals surface area contributed by atoms with Gasteiger partial charge in [0.2, 0.25) is 11.8 Å². The summed E-state index contributed by atoms with van der Waals surface area (Å²) in [6.07, 6.45) is 1.41. The predicted molar refractivity (Wildman–Crippen MR) is 117 cm³/mol. The third-order valence-electron chi connectivity index (χ3n) is 5.85. The molecule has 0 bridgehead atoms. The summed E-state index contributed by atoms with van der Waals surface area (Å²) in [5, 5.41) is 2.90. The van der Waals surface area contributed by atoms with Crippen LogP contribution in [-0.2, 0) is 16.1 Å². The minimum Gasteiger partial charge on any atom is -0.494 e. The molecule has 4 rings (SSSR count). The van der Waals surface area contributed by atoms with E-state index in [1.165, 1.54) is 4.90 Å². The molecule has 1 atom stereocenters. The highest BCUT2D eigenvalue weighted by Crippen LogP contribution is 2.34. The van der Waals surface area contributed by atoms with Gasteiger partial charge in [0.15, 0.2) is 0 Å². The third kappa shape index (κ3) is 4.00. The molecule has 0 aliphatic carbocycles. The number of nitrogens with zero attached hydrogens (tertiary/aromatic N) is 2. The highest BCUT2D eigenvalue weighted by Gasteiger charge is 2.42. The molecule has 2 aliphatic rings. The number of para-hydroxylation sites is 2. The van der Waals surface area contributed by atoms with Crippen molar-refractivity contribution in [2.75, 3.05) is 24.6 Å². The Labute approximate surface area is 182 Å². The smallest absolute Gasteiger partial charge is 0.256 e. The van der Waals surface area contributed by atoms with Gasteiger partial charge in [0.25, 0.3) is 5.91 Å². The fourth-order valence-corrected chi connectivity index (χ4v) is 4.40. The number of fused-ring (bicyclic) bond motifs is 2. The van der Waals surface area contributed by atoms with Crippen LogP contribution in [0.5, 0.6) is 5.75 Å². The van der Waals surface area contributed by atoms with E-state index >= 15 is 0 Å². The summed E-state index contributed by atoms with van der Waals surface area (Å²) < 4.78 is 5.62. The number of hydrogen-bond donors (Lipinski definition) is 1. The molecule has 1 N–H and O–H groups in total. The largest absolute Gasteiger partial charge is 0.494 e. The monoisotopic (exact) mass is 421 g/mol. The van der Waals surface area contributed by atoms with Crippen LogP contribution in [0.15, 0.2) is 42.5 Å². The van der Waals surface area contributed by atoms with E-state index in [-0.39, 0.29) is 24.3 Å². The lowest BCUT2D eigenvalue weighted by atomic mass is 10.1. The van der Waals surface area contributed by atoms with Crippen LogP contribution >= 0.6 is 0 Å². The van der Waals surface area contributed by atoms with E-state index in [4.69, 9.17) is 4.74 Å². The van der Waals surface area contributed by atoms with E-state index in [0.29, 0.717) is 37.4 Å². The normalized spacial score (nSPS) is 17.8. The Kier molecular flexibility index (Phi) is 5.93. The number of carbonyl (C=O) groups is 3. The summed E-state index contributed by atoms with van der Waals surface area (Å²) in [5.41, 5.74) is 2.69. The van der Waals surface area contributed by atoms with Crippen LogP contribution in [0, 0.1) is 6.92 Å². The van der Waals surface area contributed by atoms with Crippen LogP contribution in [0.3, 0.4) is 0 Å². The van der Waals surface area contributed by atoms with E-state index in [9.17, 15) is 14.4 Å². The quantitative estimate of drug-likeness (QED) is 0.778. The average Bonchev–Trinajstić information content (AvgIpc) is 3.23. The summed E-state index contributed by atoms with van der Waals surface area (Å²) in [6, 6.07) is 12.4. The minimum atomic E-state index is -0.509. The van der Waals surface area contributed by atoms with Crippen molar-refractivity contribution in [2.24, 2.45) is 0 Å². The van der Waals surface area contributed by atoms with Gasteiger partial charge in [0, 0.05) is 18.7 Å². The second-order valence-corrected chi connectivity index (χ2v) is 7.87. The summed E-state index contributed by atoms with van der Waals surface area (Å²) in [6.45, 7) is 5.04. The molecule has 2 aromatic carbocycles. The van der Waals surface area contributed by atoms with E-state index in [0.717, 1.165) is 23.3 Å². The van der Waals surface area contributed by atoms with Gasteiger partial charge < -0.3 is 19.9 Å². The van der Waals surface area contributed by atoms with Crippen LogP contribution < -0.4 is 15.0 Å². The van der Waals surface area contributed by atoms with Crippen molar-refractivity contribution in [3.8, 4) is 5.75 Å². The highest BCUT2D eigenvalue weighted by atomic mass is 16.5. The first-order valence-electron chi connectivity index (χ1n) is 10.7. The molecule has 31 heavy (non-hydrogen) atoms. The Balaban J connectivity index is 1.57. The van der Waals surface area contributed by atoms with E-state index in [1.54, 1.807) is 11.0 Å². The predicted octanol–water partition coefficient (Wildman–Crippen LogP) is 2.66. The Hall–Kier alpha value is -3.35. The molecule has 7 nitrogen and oxygen atoms in total. The van der Waals surface area contributed by atoms with Crippen LogP contribution in [0.2, 0.25) is 0 Å². The summed E-state index contributed by atoms with van der Waals surface area (Å²) in [7, 11) is 0. The van der Waals surface area contributed by atoms with Crippen molar-refractivity contribution in [3.05, 3.63) is 59.2 Å². The average molecular weight is 421 g/mol. The van der Waals surface area contributed by atoms with Gasteiger partial charge >= 0.3 is 0 Å². The number of nitrogens with one attached hydrogen (secondary N) is 1. The molecular weight excluding hydrogens is 394 g/mol. The summed E-state index contributed by atoms with van der Waals surface area (Å²) in [5.74, 6) is 0.115. The van der Waals surface area contributed by atoms with Crippen molar-refractivity contribution in [2.45, 2.75) is 39.3 Å². The van der Waals surface area contributed by atoms with Crippen molar-refractivity contribution in [3.63, 3.8) is 0 Å². The molecule has 7 heteroatoms. The van der Waals surface area contributed by atoms with Crippen molar-refractivity contribution < 1.29 is 19.1 Å². The van der Waals surface area contributed by atoms with E-state index < -0.39 is 6.04 Å². The molecule has 0 spiro atoms. The zero-order chi connectivity index (χ0) is 22.0. The first-order chi connectivity index (χ1) is 15.0. The standard InChI is InChI=1S/C24H27N3O4/c1-3-31-20-12-5-4-9-17(20)14-25-21(28)15-27-22-16(2)8-6-10-18(22)23(29)26-13-7-11-19(26)24(27)30/h4-6,8-10,12,19H,3,7,11,13-15H2,1-2H3,(H,25,28)/t19-/m1/s1. The molecule has 2 aromatic rings. The maximum absolute atomic E-state index is 13.4. The molecule has 162 valence electrons. The third-order valence-corrected chi connectivity index (χ3v) is 5.85. The number of ether oxygens (including phenoxy) is 1. The van der Waals surface area contributed by atoms with Crippen LogP contribution in [0.1, 0.15) is 41.3 Å². The molecule has 0 aromatic heterocycles. The minimum absolute atomic E-state index is 0.134. The number of aryl methyl sites for hydroxylation is 1. The van der Waals surface area contributed by atoms with E-state index in [1.807, 2.05) is 50.2 Å². The lowest BCUT2D eigenvalue weighted by Gasteiger charge is -2.26. The SMILES string of the molecule is CCOc1ccccc1CNC(=O)CN1C(=O)[C@H]2CCCN2C(=O)c2cccc(C)c21. The molecule has 1 fully saturated rings. The van der Waals surface area contributed by atoms with Crippen LogP contribution in [0.4, 0.5) is 5.69 Å². The van der Waals surface area contributed by atoms with Gasteiger partial charge in [-0.3, -0.25) is 14.4 Å². The lowest BCUT2D eigenvalue weighted by Crippen LogP contribution is -2.48. The summed E-state index contributed by atoms with van der Waals surface area (Å²) >= 11 is 0. The van der Waals surface area contributed by atoms with Crippen molar-refractivity contribution in [1.29, 1.82) is 0 Å². The van der Waals surface area contributed by atoms with Gasteiger partial charge in [-0.05, 0) is 44.4 Å². The Morgan fingerprint density at radius 1 is 1.16 bits per heavy atom. The Bertz CT molecular complexity index is 1020. The number of benzene rings is 2. The van der Waals surface area contributed by atoms with Gasteiger partial charge in [-0.15, -0.1) is 0 Å². The molecule has 2 heterocycles. The summed E-state index contributed by atoms with van der Waals surface area (Å²) in [4.78, 5) is 42.5. The lowest BCUT2D eigenvalue weighted by molar-refractivity contribution is -0.125. The second kappa shape index (κ2) is 8.79. The maximum Gasteiger partial charge on any atom is 0.256 e. The first kappa shape index (κ1) is 20.9. The topological polar surface area (TPSA) is 79.0 Å². The first-order valence-corrected chi connectivity index (χ1v) is 10.7. The molecule has 3 amide bonds. The Morgan fingerprint density at radius 2 is 1.97 bits per heavy atom. The van der Waals surface area contributed by atoms with Crippen LogP contribution in [-0.4, -0.2) is 48.4 Å². The molecule has 0 saturated carbocycles. The van der Waals surface area contributed by atoms with Crippen molar-refractivity contribution in [1.82, 2.24) is 10.2 Å². The number of anilines is 1. The Morgan fingerprint density at radius 3 is 2.77 bits per heavy atom. The maximum atomic E-state index is 13.4. The fraction of sp³-hybridized carbons (Fsp3) is 0.375.